The Hall–Kier alpha value is -4.43. The van der Waals surface area contributed by atoms with Crippen molar-refractivity contribution >= 4 is 11.0 Å². The number of nitrogens with zero attached hydrogens (tertiary/aromatic N) is 2. The van der Waals surface area contributed by atoms with E-state index >= 15 is 0 Å². The molecular formula is C44H46N2. The molecule has 232 valence electrons. The molecule has 1 aromatic heterocycles. The van der Waals surface area contributed by atoms with Gasteiger partial charge in [0.15, 0.2) is 0 Å². The lowest BCUT2D eigenvalue weighted by Crippen LogP contribution is -2.42. The first-order chi connectivity index (χ1) is 21.7. The largest absolute Gasteiger partial charge is 0.292 e. The Bertz CT molecular complexity index is 2060. The van der Waals surface area contributed by atoms with Crippen molar-refractivity contribution in [1.82, 2.24) is 9.55 Å². The molecule has 46 heavy (non-hydrogen) atoms. The highest BCUT2D eigenvalue weighted by Gasteiger charge is 2.57. The molecule has 0 aliphatic heterocycles. The summed E-state index contributed by atoms with van der Waals surface area (Å²) >= 11 is 0. The SMILES string of the molecule is CC(C)(C)c1ccc(-c2cc3c(cc2-c2ccc(-c4nc5ccccc5n4-c4ccccc4)cc2)C(C)(C)C(C)(C)C3(C)C)cc1. The molecule has 7 rings (SSSR count). The number of imidazole rings is 1. The maximum atomic E-state index is 5.12. The van der Waals surface area contributed by atoms with Crippen LogP contribution >= 0.6 is 0 Å². The molecule has 0 fully saturated rings. The molecule has 1 aliphatic carbocycles. The standard InChI is InChI=1S/C44H46N2/c1-41(2,3)32-25-23-30(24-26-32)35-28-37-36(42(4,5)44(8,9)43(37,6)7)27-34(35)29-19-21-31(22-20-29)40-45-38-17-13-14-18-39(38)46(40)33-15-11-10-12-16-33/h10-28H,1-9H3. The maximum absolute atomic E-state index is 5.12. The van der Waals surface area contributed by atoms with E-state index in [1.165, 1.54) is 38.9 Å². The van der Waals surface area contributed by atoms with Crippen molar-refractivity contribution in [3.8, 4) is 39.3 Å². The van der Waals surface area contributed by atoms with Gasteiger partial charge in [0, 0.05) is 11.3 Å². The van der Waals surface area contributed by atoms with Crippen molar-refractivity contribution in [2.45, 2.75) is 78.6 Å². The van der Waals surface area contributed by atoms with E-state index in [-0.39, 0.29) is 21.7 Å². The van der Waals surface area contributed by atoms with Gasteiger partial charge in [-0.15, -0.1) is 0 Å². The van der Waals surface area contributed by atoms with Crippen LogP contribution in [0.4, 0.5) is 0 Å². The molecular weight excluding hydrogens is 556 g/mol. The molecule has 0 saturated heterocycles. The van der Waals surface area contributed by atoms with Crippen LogP contribution < -0.4 is 0 Å². The normalized spacial score (nSPS) is 16.5. The molecule has 2 heteroatoms. The van der Waals surface area contributed by atoms with Gasteiger partial charge in [0.1, 0.15) is 5.82 Å². The molecule has 0 atom stereocenters. The molecule has 1 aliphatic rings. The van der Waals surface area contributed by atoms with Crippen LogP contribution in [-0.4, -0.2) is 9.55 Å². The summed E-state index contributed by atoms with van der Waals surface area (Å²) in [5, 5.41) is 0. The summed E-state index contributed by atoms with van der Waals surface area (Å²) in [5.74, 6) is 0.954. The molecule has 0 amide bonds. The Balaban J connectivity index is 1.40. The zero-order valence-electron chi connectivity index (χ0n) is 28.9. The number of hydrogen-bond donors (Lipinski definition) is 0. The summed E-state index contributed by atoms with van der Waals surface area (Å²) in [4.78, 5) is 5.12. The van der Waals surface area contributed by atoms with Crippen LogP contribution in [0.3, 0.4) is 0 Å². The second-order valence-corrected chi connectivity index (χ2v) is 15.8. The van der Waals surface area contributed by atoms with E-state index in [4.69, 9.17) is 4.98 Å². The van der Waals surface area contributed by atoms with Crippen molar-refractivity contribution in [3.63, 3.8) is 0 Å². The highest BCUT2D eigenvalue weighted by atomic mass is 15.1. The van der Waals surface area contributed by atoms with Gasteiger partial charge in [0.05, 0.1) is 11.0 Å². The van der Waals surface area contributed by atoms with Gasteiger partial charge in [-0.2, -0.15) is 0 Å². The van der Waals surface area contributed by atoms with Gasteiger partial charge >= 0.3 is 0 Å². The first kappa shape index (κ1) is 30.2. The van der Waals surface area contributed by atoms with Gasteiger partial charge < -0.3 is 0 Å². The van der Waals surface area contributed by atoms with Crippen molar-refractivity contribution in [1.29, 1.82) is 0 Å². The monoisotopic (exact) mass is 602 g/mol. The Morgan fingerprint density at radius 1 is 0.543 bits per heavy atom. The number of fused-ring (bicyclic) bond motifs is 2. The number of aromatic nitrogens is 2. The highest BCUT2D eigenvalue weighted by Crippen LogP contribution is 2.62. The fourth-order valence-electron chi connectivity index (χ4n) is 7.57. The first-order valence-corrected chi connectivity index (χ1v) is 16.7. The fourth-order valence-corrected chi connectivity index (χ4v) is 7.57. The third kappa shape index (κ3) is 4.48. The summed E-state index contributed by atoms with van der Waals surface area (Å²) in [5.41, 5.74) is 13.9. The molecule has 1 heterocycles. The van der Waals surface area contributed by atoms with E-state index in [2.05, 4.69) is 182 Å². The van der Waals surface area contributed by atoms with Crippen molar-refractivity contribution in [2.24, 2.45) is 5.41 Å². The number of para-hydroxylation sites is 3. The third-order valence-corrected chi connectivity index (χ3v) is 11.7. The van der Waals surface area contributed by atoms with Crippen LogP contribution in [0.2, 0.25) is 0 Å². The summed E-state index contributed by atoms with van der Waals surface area (Å²) in [6, 6.07) is 42.3. The topological polar surface area (TPSA) is 17.8 Å². The van der Waals surface area contributed by atoms with E-state index < -0.39 is 0 Å². The van der Waals surface area contributed by atoms with Gasteiger partial charge in [-0.1, -0.05) is 141 Å². The van der Waals surface area contributed by atoms with Crippen molar-refractivity contribution < 1.29 is 0 Å². The van der Waals surface area contributed by atoms with Crippen LogP contribution in [0.1, 0.15) is 79.0 Å². The second-order valence-electron chi connectivity index (χ2n) is 15.8. The van der Waals surface area contributed by atoms with E-state index in [0.29, 0.717) is 0 Å². The minimum absolute atomic E-state index is 0.0235. The Morgan fingerprint density at radius 3 is 1.57 bits per heavy atom. The molecule has 0 bridgehead atoms. The Morgan fingerprint density at radius 2 is 1.02 bits per heavy atom. The molecule has 6 aromatic rings. The average Bonchev–Trinajstić information content (AvgIpc) is 3.47. The number of rotatable bonds is 4. The van der Waals surface area contributed by atoms with E-state index in [1.54, 1.807) is 0 Å². The third-order valence-electron chi connectivity index (χ3n) is 11.7. The van der Waals surface area contributed by atoms with E-state index in [1.807, 2.05) is 0 Å². The lowest BCUT2D eigenvalue weighted by Gasteiger charge is -2.44. The quantitative estimate of drug-likeness (QED) is 0.196. The zero-order chi connectivity index (χ0) is 32.6. The number of hydrogen-bond acceptors (Lipinski definition) is 1. The van der Waals surface area contributed by atoms with Crippen LogP contribution in [0.15, 0.2) is 115 Å². The predicted octanol–water partition coefficient (Wildman–Crippen LogP) is 11.9. The lowest BCUT2D eigenvalue weighted by molar-refractivity contribution is 0.125. The molecule has 0 radical (unpaired) electrons. The Labute approximate surface area is 275 Å². The molecule has 0 spiro atoms. The molecule has 0 unspecified atom stereocenters. The van der Waals surface area contributed by atoms with Gasteiger partial charge in [0.2, 0.25) is 0 Å². The van der Waals surface area contributed by atoms with Crippen LogP contribution in [-0.2, 0) is 16.2 Å². The van der Waals surface area contributed by atoms with Gasteiger partial charge in [-0.05, 0) is 97.0 Å². The summed E-state index contributed by atoms with van der Waals surface area (Å²) in [6.45, 7) is 21.4. The van der Waals surface area contributed by atoms with E-state index in [0.717, 1.165) is 28.1 Å². The van der Waals surface area contributed by atoms with Crippen LogP contribution in [0, 0.1) is 5.41 Å². The van der Waals surface area contributed by atoms with Gasteiger partial charge in [-0.25, -0.2) is 4.98 Å². The maximum Gasteiger partial charge on any atom is 0.145 e. The minimum atomic E-state index is 0.0235. The fraction of sp³-hybridized carbons (Fsp3) is 0.295. The summed E-state index contributed by atoms with van der Waals surface area (Å²) in [6.07, 6.45) is 0. The smallest absolute Gasteiger partial charge is 0.145 e. The van der Waals surface area contributed by atoms with Crippen LogP contribution in [0.25, 0.3) is 50.4 Å². The predicted molar refractivity (Wildman–Crippen MR) is 196 cm³/mol. The summed E-state index contributed by atoms with van der Waals surface area (Å²) in [7, 11) is 0. The Kier molecular flexibility index (Phi) is 6.76. The second kappa shape index (κ2) is 10.3. The summed E-state index contributed by atoms with van der Waals surface area (Å²) < 4.78 is 2.27. The lowest BCUT2D eigenvalue weighted by atomic mass is 9.59. The average molecular weight is 603 g/mol. The van der Waals surface area contributed by atoms with Gasteiger partial charge in [0.25, 0.3) is 0 Å². The molecule has 0 saturated carbocycles. The minimum Gasteiger partial charge on any atom is -0.292 e. The van der Waals surface area contributed by atoms with Crippen molar-refractivity contribution in [2.75, 3.05) is 0 Å². The zero-order valence-corrected chi connectivity index (χ0v) is 28.9. The van der Waals surface area contributed by atoms with Crippen molar-refractivity contribution in [3.05, 3.63) is 132 Å². The highest BCUT2D eigenvalue weighted by molar-refractivity contribution is 5.88. The van der Waals surface area contributed by atoms with Crippen LogP contribution in [0.5, 0.6) is 0 Å². The van der Waals surface area contributed by atoms with Gasteiger partial charge in [-0.3, -0.25) is 4.57 Å². The number of benzene rings is 5. The molecule has 5 aromatic carbocycles. The van der Waals surface area contributed by atoms with E-state index in [9.17, 15) is 0 Å². The molecule has 0 N–H and O–H groups in total. The molecule has 2 nitrogen and oxygen atoms in total. The first-order valence-electron chi connectivity index (χ1n) is 16.7.